The van der Waals surface area contributed by atoms with Crippen LogP contribution >= 0.6 is 0 Å². The monoisotopic (exact) mass is 604 g/mol. The number of hydrogen-bond acceptors (Lipinski definition) is 10. The largest absolute Gasteiger partial charge is 0.490 e. The number of ether oxygens (including phenoxy) is 3. The molecule has 0 saturated carbocycles. The van der Waals surface area contributed by atoms with Gasteiger partial charge in [-0.25, -0.2) is 19.4 Å². The molecule has 2 aromatic carbocycles. The van der Waals surface area contributed by atoms with Crippen LogP contribution < -0.4 is 10.1 Å². The van der Waals surface area contributed by atoms with Crippen LogP contribution in [0.25, 0.3) is 10.8 Å². The molecule has 3 heterocycles. The number of fused-ring (bicyclic) bond motifs is 2. The van der Waals surface area contributed by atoms with E-state index < -0.39 is 35.1 Å². The number of esters is 1. The average molecular weight is 605 g/mol. The SMILES string of the molecule is CC(C)(C)OC(=O)C(COc1ccc2c(NC3CN(C(=O)OC(C)(C)C)C3)nccc2c1)ON1C(=O)c2ccccc2C1=O. The first-order chi connectivity index (χ1) is 20.7. The molecule has 1 N–H and O–H groups in total. The smallest absolute Gasteiger partial charge is 0.410 e. The first-order valence-corrected chi connectivity index (χ1v) is 14.3. The minimum atomic E-state index is -1.41. The third kappa shape index (κ3) is 6.91. The van der Waals surface area contributed by atoms with E-state index in [1.165, 1.54) is 12.1 Å². The van der Waals surface area contributed by atoms with Gasteiger partial charge in [0.25, 0.3) is 11.8 Å². The number of nitrogens with zero attached hydrogens (tertiary/aromatic N) is 3. The third-order valence-electron chi connectivity index (χ3n) is 6.67. The molecule has 1 unspecified atom stereocenters. The first-order valence-electron chi connectivity index (χ1n) is 14.3. The summed E-state index contributed by atoms with van der Waals surface area (Å²) in [6.07, 6.45) is -0.0959. The van der Waals surface area contributed by atoms with Crippen LogP contribution in [0, 0.1) is 0 Å². The van der Waals surface area contributed by atoms with Crippen molar-refractivity contribution in [2.24, 2.45) is 0 Å². The van der Waals surface area contributed by atoms with Gasteiger partial charge in [0.15, 0.2) is 0 Å². The van der Waals surface area contributed by atoms with E-state index in [0.29, 0.717) is 29.7 Å². The molecule has 232 valence electrons. The second-order valence-corrected chi connectivity index (χ2v) is 12.7. The van der Waals surface area contributed by atoms with Gasteiger partial charge in [0, 0.05) is 24.7 Å². The predicted octanol–water partition coefficient (Wildman–Crippen LogP) is 4.58. The fourth-order valence-electron chi connectivity index (χ4n) is 4.67. The van der Waals surface area contributed by atoms with Crippen LogP contribution in [-0.2, 0) is 19.1 Å². The van der Waals surface area contributed by atoms with Crippen molar-refractivity contribution in [3.05, 3.63) is 65.9 Å². The van der Waals surface area contributed by atoms with Gasteiger partial charge in [0.2, 0.25) is 6.10 Å². The summed E-state index contributed by atoms with van der Waals surface area (Å²) < 4.78 is 16.8. The molecule has 0 radical (unpaired) electrons. The van der Waals surface area contributed by atoms with Gasteiger partial charge in [-0.2, -0.15) is 0 Å². The third-order valence-corrected chi connectivity index (χ3v) is 6.67. The van der Waals surface area contributed by atoms with E-state index in [-0.39, 0.29) is 29.9 Å². The highest BCUT2D eigenvalue weighted by Gasteiger charge is 2.41. The number of nitrogens with one attached hydrogen (secondary N) is 1. The second-order valence-electron chi connectivity index (χ2n) is 12.7. The number of rotatable bonds is 8. The molecule has 1 atom stereocenters. The van der Waals surface area contributed by atoms with E-state index in [0.717, 1.165) is 10.8 Å². The standard InChI is InChI=1S/C32H36N4O8/c1-31(2,3)42-29(39)25(44-36-27(37)23-9-7-8-10-24(23)28(36)38)18-41-21-11-12-22-19(15-21)13-14-33-26(22)34-20-16-35(17-20)30(40)43-32(4,5)6/h7-15,20,25H,16-18H2,1-6H3,(H,33,34). The van der Waals surface area contributed by atoms with Crippen molar-refractivity contribution in [3.63, 3.8) is 0 Å². The van der Waals surface area contributed by atoms with Gasteiger partial charge in [0.05, 0.1) is 17.2 Å². The van der Waals surface area contributed by atoms with E-state index >= 15 is 0 Å². The summed E-state index contributed by atoms with van der Waals surface area (Å²) in [5.41, 5.74) is -1.02. The molecule has 3 amide bonds. The Bertz CT molecular complexity index is 1570. The van der Waals surface area contributed by atoms with Crippen molar-refractivity contribution in [1.82, 2.24) is 14.9 Å². The molecule has 12 heteroatoms. The predicted molar refractivity (Wildman–Crippen MR) is 160 cm³/mol. The number of hydroxylamine groups is 2. The lowest BCUT2D eigenvalue weighted by Crippen LogP contribution is -2.58. The molecule has 1 saturated heterocycles. The minimum Gasteiger partial charge on any atom is -0.490 e. The van der Waals surface area contributed by atoms with Crippen LogP contribution in [0.5, 0.6) is 5.75 Å². The Morgan fingerprint density at radius 3 is 2.18 bits per heavy atom. The number of pyridine rings is 1. The molecular formula is C32H36N4O8. The van der Waals surface area contributed by atoms with Crippen LogP contribution in [-0.4, -0.2) is 81.9 Å². The van der Waals surface area contributed by atoms with Crippen LogP contribution in [0.3, 0.4) is 0 Å². The molecule has 2 aliphatic heterocycles. The zero-order valence-corrected chi connectivity index (χ0v) is 25.6. The summed E-state index contributed by atoms with van der Waals surface area (Å²) in [7, 11) is 0. The fraction of sp³-hybridized carbons (Fsp3) is 0.406. The Morgan fingerprint density at radius 1 is 0.932 bits per heavy atom. The zero-order chi connectivity index (χ0) is 31.8. The highest BCUT2D eigenvalue weighted by atomic mass is 16.7. The van der Waals surface area contributed by atoms with Crippen LogP contribution in [0.1, 0.15) is 62.3 Å². The number of likely N-dealkylation sites (tertiary alicyclic amines) is 1. The lowest BCUT2D eigenvalue weighted by Gasteiger charge is -2.40. The van der Waals surface area contributed by atoms with Gasteiger partial charge in [-0.05, 0) is 83.3 Å². The summed E-state index contributed by atoms with van der Waals surface area (Å²) in [6.45, 7) is 11.3. The van der Waals surface area contributed by atoms with Crippen molar-refractivity contribution in [1.29, 1.82) is 0 Å². The quantitative estimate of drug-likeness (QED) is 0.287. The highest BCUT2D eigenvalue weighted by Crippen LogP contribution is 2.29. The maximum absolute atomic E-state index is 13.1. The molecular weight excluding hydrogens is 568 g/mol. The van der Waals surface area contributed by atoms with Gasteiger partial charge < -0.3 is 24.4 Å². The lowest BCUT2D eigenvalue weighted by atomic mass is 10.1. The molecule has 0 aliphatic carbocycles. The second kappa shape index (κ2) is 11.8. The van der Waals surface area contributed by atoms with Gasteiger partial charge in [-0.3, -0.25) is 9.59 Å². The molecule has 1 fully saturated rings. The molecule has 5 rings (SSSR count). The first kappa shape index (κ1) is 30.7. The summed E-state index contributed by atoms with van der Waals surface area (Å²) in [5.74, 6) is -1.04. The Kier molecular flexibility index (Phi) is 8.21. The van der Waals surface area contributed by atoms with Crippen molar-refractivity contribution >= 4 is 40.5 Å². The number of carbonyl (C=O) groups is 4. The molecule has 0 spiro atoms. The number of carbonyl (C=O) groups excluding carboxylic acids is 4. The average Bonchev–Trinajstić information content (AvgIpc) is 3.15. The van der Waals surface area contributed by atoms with Crippen molar-refractivity contribution in [2.75, 3.05) is 25.0 Å². The van der Waals surface area contributed by atoms with Gasteiger partial charge in [-0.1, -0.05) is 12.1 Å². The molecule has 2 aliphatic rings. The van der Waals surface area contributed by atoms with E-state index in [9.17, 15) is 19.2 Å². The molecule has 0 bridgehead atoms. The topological polar surface area (TPSA) is 137 Å². The maximum atomic E-state index is 13.1. The number of anilines is 1. The fourth-order valence-corrected chi connectivity index (χ4v) is 4.67. The number of aromatic nitrogens is 1. The van der Waals surface area contributed by atoms with E-state index in [1.807, 2.05) is 32.9 Å². The number of amides is 3. The Morgan fingerprint density at radius 2 is 1.57 bits per heavy atom. The van der Waals surface area contributed by atoms with Crippen molar-refractivity contribution < 1.29 is 38.2 Å². The zero-order valence-electron chi connectivity index (χ0n) is 25.6. The lowest BCUT2D eigenvalue weighted by molar-refractivity contribution is -0.193. The summed E-state index contributed by atoms with van der Waals surface area (Å²) in [6, 6.07) is 13.5. The van der Waals surface area contributed by atoms with Gasteiger partial charge in [0.1, 0.15) is 29.4 Å². The molecule has 12 nitrogen and oxygen atoms in total. The Hall–Kier alpha value is -4.71. The number of benzene rings is 2. The van der Waals surface area contributed by atoms with Crippen LogP contribution in [0.4, 0.5) is 10.6 Å². The summed E-state index contributed by atoms with van der Waals surface area (Å²) in [5, 5.41) is 5.61. The molecule has 3 aromatic rings. The minimum absolute atomic E-state index is 0.0189. The van der Waals surface area contributed by atoms with Crippen molar-refractivity contribution in [3.8, 4) is 5.75 Å². The van der Waals surface area contributed by atoms with Crippen LogP contribution in [0.15, 0.2) is 54.7 Å². The summed E-state index contributed by atoms with van der Waals surface area (Å²) in [4.78, 5) is 62.8. The van der Waals surface area contributed by atoms with Crippen molar-refractivity contribution in [2.45, 2.75) is 64.9 Å². The Balaban J connectivity index is 1.26. The molecule has 1 aromatic heterocycles. The highest BCUT2D eigenvalue weighted by molar-refractivity contribution is 6.20. The number of hydrogen-bond donors (Lipinski definition) is 1. The summed E-state index contributed by atoms with van der Waals surface area (Å²) >= 11 is 0. The van der Waals surface area contributed by atoms with Gasteiger partial charge >= 0.3 is 12.1 Å². The van der Waals surface area contributed by atoms with Crippen LogP contribution in [0.2, 0.25) is 0 Å². The van der Waals surface area contributed by atoms with E-state index in [2.05, 4.69) is 10.3 Å². The maximum Gasteiger partial charge on any atom is 0.410 e. The van der Waals surface area contributed by atoms with E-state index in [4.69, 9.17) is 19.0 Å². The molecule has 44 heavy (non-hydrogen) atoms. The van der Waals surface area contributed by atoms with Gasteiger partial charge in [-0.15, -0.1) is 5.06 Å². The van der Waals surface area contributed by atoms with E-state index in [1.54, 1.807) is 56.1 Å². The number of imide groups is 1. The Labute approximate surface area is 255 Å². The normalized spacial score (nSPS) is 16.0.